The number of hydrogen-bond donors (Lipinski definition) is 0. The van der Waals surface area contributed by atoms with Crippen LogP contribution >= 0.6 is 11.6 Å². The van der Waals surface area contributed by atoms with E-state index in [1.807, 2.05) is 24.3 Å². The lowest BCUT2D eigenvalue weighted by Crippen LogP contribution is -2.14. The van der Waals surface area contributed by atoms with E-state index in [4.69, 9.17) is 16.3 Å². The number of ether oxygens (including phenoxy) is 1. The summed E-state index contributed by atoms with van der Waals surface area (Å²) in [6, 6.07) is 7.48. The van der Waals surface area contributed by atoms with Crippen LogP contribution in [-0.4, -0.2) is 13.1 Å². The van der Waals surface area contributed by atoms with Gasteiger partial charge in [0.1, 0.15) is 0 Å². The minimum atomic E-state index is -0.236. The third kappa shape index (κ3) is 4.04. The Kier molecular flexibility index (Phi) is 6.06. The summed E-state index contributed by atoms with van der Waals surface area (Å²) in [5.74, 6) is -0.436. The standard InChI is InChI=1S/C14H19ClO2/c1-3-4-5-9-12(14(16)17-2)11-8-6-7-10-13(11)15/h6-8,10,12H,3-5,9H2,1-2H3. The lowest BCUT2D eigenvalue weighted by molar-refractivity contribution is -0.142. The smallest absolute Gasteiger partial charge is 0.313 e. The molecule has 0 aromatic heterocycles. The third-order valence-corrected chi connectivity index (χ3v) is 3.21. The highest BCUT2D eigenvalue weighted by Crippen LogP contribution is 2.29. The van der Waals surface area contributed by atoms with Crippen molar-refractivity contribution >= 4 is 17.6 Å². The molecular weight excluding hydrogens is 236 g/mol. The molecule has 0 aliphatic heterocycles. The zero-order valence-electron chi connectivity index (χ0n) is 10.4. The summed E-state index contributed by atoms with van der Waals surface area (Å²) in [6.45, 7) is 2.14. The summed E-state index contributed by atoms with van der Waals surface area (Å²) in [7, 11) is 1.42. The first-order valence-corrected chi connectivity index (χ1v) is 6.40. The van der Waals surface area contributed by atoms with Gasteiger partial charge in [0.2, 0.25) is 0 Å². The second-order valence-electron chi connectivity index (χ2n) is 4.09. The molecule has 2 nitrogen and oxygen atoms in total. The highest BCUT2D eigenvalue weighted by atomic mass is 35.5. The van der Waals surface area contributed by atoms with Crippen LogP contribution in [-0.2, 0) is 9.53 Å². The summed E-state index contributed by atoms with van der Waals surface area (Å²) in [5, 5.41) is 0.638. The van der Waals surface area contributed by atoms with Crippen molar-refractivity contribution in [3.05, 3.63) is 34.9 Å². The minimum Gasteiger partial charge on any atom is -0.469 e. The van der Waals surface area contributed by atoms with Gasteiger partial charge in [-0.3, -0.25) is 4.79 Å². The predicted molar refractivity (Wildman–Crippen MR) is 70.4 cm³/mol. The Morgan fingerprint density at radius 3 is 2.65 bits per heavy atom. The highest BCUT2D eigenvalue weighted by molar-refractivity contribution is 6.31. The van der Waals surface area contributed by atoms with Crippen LogP contribution in [0.2, 0.25) is 5.02 Å². The van der Waals surface area contributed by atoms with Gasteiger partial charge < -0.3 is 4.74 Å². The summed E-state index contributed by atoms with van der Waals surface area (Å²) >= 11 is 6.13. The van der Waals surface area contributed by atoms with E-state index in [1.165, 1.54) is 7.11 Å². The molecule has 0 N–H and O–H groups in total. The van der Waals surface area contributed by atoms with Gasteiger partial charge in [-0.05, 0) is 18.1 Å². The summed E-state index contributed by atoms with van der Waals surface area (Å²) in [5.41, 5.74) is 0.872. The molecule has 0 spiro atoms. The maximum atomic E-state index is 11.8. The fourth-order valence-electron chi connectivity index (χ4n) is 1.90. The second kappa shape index (κ2) is 7.33. The van der Waals surface area contributed by atoms with E-state index >= 15 is 0 Å². The van der Waals surface area contributed by atoms with Crippen molar-refractivity contribution in [2.24, 2.45) is 0 Å². The zero-order valence-corrected chi connectivity index (χ0v) is 11.2. The Balaban J connectivity index is 2.82. The van der Waals surface area contributed by atoms with Crippen molar-refractivity contribution in [1.82, 2.24) is 0 Å². The molecule has 0 bridgehead atoms. The van der Waals surface area contributed by atoms with Gasteiger partial charge in [-0.25, -0.2) is 0 Å². The molecule has 3 heteroatoms. The summed E-state index contributed by atoms with van der Waals surface area (Å²) in [6.07, 6.45) is 4.07. The molecule has 0 aliphatic rings. The molecule has 0 heterocycles. The molecular formula is C14H19ClO2. The molecule has 1 aromatic rings. The van der Waals surface area contributed by atoms with Crippen molar-refractivity contribution in [3.8, 4) is 0 Å². The minimum absolute atomic E-state index is 0.200. The Labute approximate surface area is 108 Å². The highest BCUT2D eigenvalue weighted by Gasteiger charge is 2.22. The molecule has 0 aliphatic carbocycles. The molecule has 0 fully saturated rings. The van der Waals surface area contributed by atoms with Crippen LogP contribution < -0.4 is 0 Å². The van der Waals surface area contributed by atoms with E-state index in [-0.39, 0.29) is 11.9 Å². The lowest BCUT2D eigenvalue weighted by Gasteiger charge is -2.16. The van der Waals surface area contributed by atoms with Crippen LogP contribution in [0.3, 0.4) is 0 Å². The Morgan fingerprint density at radius 1 is 1.35 bits per heavy atom. The molecule has 1 atom stereocenters. The molecule has 17 heavy (non-hydrogen) atoms. The number of halogens is 1. The quantitative estimate of drug-likeness (QED) is 0.562. The van der Waals surface area contributed by atoms with Crippen LogP contribution in [0.15, 0.2) is 24.3 Å². The van der Waals surface area contributed by atoms with E-state index in [9.17, 15) is 4.79 Å². The van der Waals surface area contributed by atoms with E-state index in [0.29, 0.717) is 5.02 Å². The van der Waals surface area contributed by atoms with Gasteiger partial charge in [-0.15, -0.1) is 0 Å². The number of benzene rings is 1. The van der Waals surface area contributed by atoms with Gasteiger partial charge >= 0.3 is 5.97 Å². The SMILES string of the molecule is CCCCCC(C(=O)OC)c1ccccc1Cl. The van der Waals surface area contributed by atoms with Crippen molar-refractivity contribution in [1.29, 1.82) is 0 Å². The summed E-state index contributed by atoms with van der Waals surface area (Å²) < 4.78 is 4.85. The number of carbonyl (C=O) groups excluding carboxylic acids is 1. The van der Waals surface area contributed by atoms with E-state index < -0.39 is 0 Å². The molecule has 0 saturated carbocycles. The molecule has 0 saturated heterocycles. The van der Waals surface area contributed by atoms with Gasteiger partial charge in [0.15, 0.2) is 0 Å². The zero-order chi connectivity index (χ0) is 12.7. The van der Waals surface area contributed by atoms with Crippen molar-refractivity contribution in [3.63, 3.8) is 0 Å². The number of esters is 1. The summed E-state index contributed by atoms with van der Waals surface area (Å²) in [4.78, 5) is 11.8. The van der Waals surface area contributed by atoms with Gasteiger partial charge in [0.05, 0.1) is 13.0 Å². The van der Waals surface area contributed by atoms with Crippen molar-refractivity contribution in [2.75, 3.05) is 7.11 Å². The Morgan fingerprint density at radius 2 is 2.06 bits per heavy atom. The predicted octanol–water partition coefficient (Wildman–Crippen LogP) is 4.18. The average Bonchev–Trinajstić information content (AvgIpc) is 2.35. The molecule has 0 radical (unpaired) electrons. The fraction of sp³-hybridized carbons (Fsp3) is 0.500. The van der Waals surface area contributed by atoms with Crippen molar-refractivity contribution in [2.45, 2.75) is 38.5 Å². The maximum absolute atomic E-state index is 11.8. The molecule has 1 aromatic carbocycles. The van der Waals surface area contributed by atoms with Crippen LogP contribution in [0.25, 0.3) is 0 Å². The van der Waals surface area contributed by atoms with Crippen molar-refractivity contribution < 1.29 is 9.53 Å². The van der Waals surface area contributed by atoms with E-state index in [1.54, 1.807) is 0 Å². The first-order valence-electron chi connectivity index (χ1n) is 6.03. The van der Waals surface area contributed by atoms with E-state index in [2.05, 4.69) is 6.92 Å². The van der Waals surface area contributed by atoms with Gasteiger partial charge in [0.25, 0.3) is 0 Å². The number of hydrogen-bond acceptors (Lipinski definition) is 2. The third-order valence-electron chi connectivity index (χ3n) is 2.86. The Bertz CT molecular complexity index is 363. The average molecular weight is 255 g/mol. The monoisotopic (exact) mass is 254 g/mol. The Hall–Kier alpha value is -1.02. The van der Waals surface area contributed by atoms with E-state index in [0.717, 1.165) is 31.2 Å². The van der Waals surface area contributed by atoms with Gasteiger partial charge in [-0.1, -0.05) is 56.0 Å². The molecule has 1 rings (SSSR count). The van der Waals surface area contributed by atoms with Crippen LogP contribution in [0, 0.1) is 0 Å². The number of carbonyl (C=O) groups is 1. The largest absolute Gasteiger partial charge is 0.469 e. The lowest BCUT2D eigenvalue weighted by atomic mass is 9.93. The maximum Gasteiger partial charge on any atom is 0.313 e. The topological polar surface area (TPSA) is 26.3 Å². The van der Waals surface area contributed by atoms with Gasteiger partial charge in [0, 0.05) is 5.02 Å². The second-order valence-corrected chi connectivity index (χ2v) is 4.50. The molecule has 0 amide bonds. The first-order chi connectivity index (χ1) is 8.20. The number of rotatable bonds is 6. The number of methoxy groups -OCH3 is 1. The van der Waals surface area contributed by atoms with Crippen LogP contribution in [0.1, 0.15) is 44.1 Å². The first kappa shape index (κ1) is 14.0. The molecule has 94 valence electrons. The van der Waals surface area contributed by atoms with Crippen LogP contribution in [0.5, 0.6) is 0 Å². The normalized spacial score (nSPS) is 12.2. The van der Waals surface area contributed by atoms with Gasteiger partial charge in [-0.2, -0.15) is 0 Å². The fourth-order valence-corrected chi connectivity index (χ4v) is 2.17. The number of unbranched alkanes of at least 4 members (excludes halogenated alkanes) is 2. The molecule has 1 unspecified atom stereocenters. The van der Waals surface area contributed by atoms with Crippen LogP contribution in [0.4, 0.5) is 0 Å².